The monoisotopic (exact) mass is 248 g/mol. The van der Waals surface area contributed by atoms with Crippen molar-refractivity contribution in [2.24, 2.45) is 5.92 Å². The molecule has 3 nitrogen and oxygen atoms in total. The predicted octanol–water partition coefficient (Wildman–Crippen LogP) is 2.21. The molecule has 0 saturated carbocycles. The fourth-order valence-corrected chi connectivity index (χ4v) is 2.73. The van der Waals surface area contributed by atoms with Gasteiger partial charge in [0.05, 0.1) is 0 Å². The first-order valence-electron chi connectivity index (χ1n) is 6.81. The third-order valence-corrected chi connectivity index (χ3v) is 3.72. The summed E-state index contributed by atoms with van der Waals surface area (Å²) in [6, 6.07) is 8.71. The molecule has 0 radical (unpaired) electrons. The van der Waals surface area contributed by atoms with Crippen molar-refractivity contribution < 1.29 is 5.11 Å². The molecule has 3 heteroatoms. The summed E-state index contributed by atoms with van der Waals surface area (Å²) in [6.45, 7) is 9.82. The van der Waals surface area contributed by atoms with Crippen molar-refractivity contribution in [3.63, 3.8) is 0 Å². The zero-order chi connectivity index (χ0) is 13.1. The van der Waals surface area contributed by atoms with Gasteiger partial charge in [-0.2, -0.15) is 0 Å². The largest absolute Gasteiger partial charge is 0.508 e. The summed E-state index contributed by atoms with van der Waals surface area (Å²) >= 11 is 0. The van der Waals surface area contributed by atoms with Crippen LogP contribution in [0.15, 0.2) is 24.3 Å². The van der Waals surface area contributed by atoms with E-state index >= 15 is 0 Å². The molecule has 2 N–H and O–H groups in total. The number of hydrogen-bond donors (Lipinski definition) is 2. The summed E-state index contributed by atoms with van der Waals surface area (Å²) in [6.07, 6.45) is 0. The van der Waals surface area contributed by atoms with E-state index in [9.17, 15) is 5.11 Å². The molecule has 0 spiro atoms. The summed E-state index contributed by atoms with van der Waals surface area (Å²) in [7, 11) is 0. The maximum Gasteiger partial charge on any atom is 0.115 e. The second-order valence-corrected chi connectivity index (χ2v) is 5.72. The molecule has 18 heavy (non-hydrogen) atoms. The molecule has 1 aromatic carbocycles. The van der Waals surface area contributed by atoms with E-state index in [2.05, 4.69) is 37.1 Å². The standard InChI is InChI=1S/C15H24N2O/c1-11(2)15-8-16-12(3)9-17(15)10-13-5-4-6-14(18)7-13/h4-7,11-12,15-16,18H,8-10H2,1-3H3. The smallest absolute Gasteiger partial charge is 0.115 e. The van der Waals surface area contributed by atoms with Gasteiger partial charge in [0.1, 0.15) is 5.75 Å². The third kappa shape index (κ3) is 3.24. The first kappa shape index (κ1) is 13.4. The highest BCUT2D eigenvalue weighted by Crippen LogP contribution is 2.20. The first-order valence-corrected chi connectivity index (χ1v) is 6.81. The van der Waals surface area contributed by atoms with Gasteiger partial charge in [-0.15, -0.1) is 0 Å². The first-order chi connectivity index (χ1) is 8.56. The van der Waals surface area contributed by atoms with E-state index in [-0.39, 0.29) is 0 Å². The van der Waals surface area contributed by atoms with Crippen LogP contribution in [0.5, 0.6) is 5.75 Å². The molecule has 2 unspecified atom stereocenters. The minimum atomic E-state index is 0.358. The molecule has 2 rings (SSSR count). The molecule has 2 atom stereocenters. The Morgan fingerprint density at radius 2 is 2.22 bits per heavy atom. The number of phenols is 1. The molecule has 100 valence electrons. The molecule has 1 saturated heterocycles. The Labute approximate surface area is 110 Å². The van der Waals surface area contributed by atoms with Gasteiger partial charge in [-0.3, -0.25) is 4.90 Å². The molecule has 0 aliphatic carbocycles. The van der Waals surface area contributed by atoms with E-state index in [1.54, 1.807) is 6.07 Å². The van der Waals surface area contributed by atoms with Crippen LogP contribution < -0.4 is 5.32 Å². The van der Waals surface area contributed by atoms with Crippen molar-refractivity contribution in [3.8, 4) is 5.75 Å². The molecule has 1 fully saturated rings. The molecule has 0 amide bonds. The van der Waals surface area contributed by atoms with E-state index in [0.29, 0.717) is 23.8 Å². The van der Waals surface area contributed by atoms with Crippen molar-refractivity contribution in [2.75, 3.05) is 13.1 Å². The Bertz CT molecular complexity index is 392. The zero-order valence-electron chi connectivity index (χ0n) is 11.6. The topological polar surface area (TPSA) is 35.5 Å². The molecular weight excluding hydrogens is 224 g/mol. The lowest BCUT2D eigenvalue weighted by atomic mass is 9.98. The fourth-order valence-electron chi connectivity index (χ4n) is 2.73. The Morgan fingerprint density at radius 1 is 1.44 bits per heavy atom. The number of phenolic OH excluding ortho intramolecular Hbond substituents is 1. The number of rotatable bonds is 3. The zero-order valence-corrected chi connectivity index (χ0v) is 11.6. The number of piperazine rings is 1. The second kappa shape index (κ2) is 5.72. The number of nitrogens with one attached hydrogen (secondary N) is 1. The van der Waals surface area contributed by atoms with Gasteiger partial charge in [-0.25, -0.2) is 0 Å². The molecule has 1 aliphatic rings. The van der Waals surface area contributed by atoms with Crippen molar-refractivity contribution in [2.45, 2.75) is 39.4 Å². The molecule has 1 aromatic rings. The quantitative estimate of drug-likeness (QED) is 0.861. The molecule has 1 heterocycles. The Hall–Kier alpha value is -1.06. The van der Waals surface area contributed by atoms with Crippen LogP contribution >= 0.6 is 0 Å². The van der Waals surface area contributed by atoms with Crippen LogP contribution in [0.4, 0.5) is 0 Å². The second-order valence-electron chi connectivity index (χ2n) is 5.72. The summed E-state index contributed by atoms with van der Waals surface area (Å²) in [5.74, 6) is 0.999. The number of hydrogen-bond acceptors (Lipinski definition) is 3. The van der Waals surface area contributed by atoms with E-state index in [4.69, 9.17) is 0 Å². The van der Waals surface area contributed by atoms with E-state index < -0.39 is 0 Å². The average molecular weight is 248 g/mol. The van der Waals surface area contributed by atoms with E-state index in [1.807, 2.05) is 12.1 Å². The highest BCUT2D eigenvalue weighted by atomic mass is 16.3. The van der Waals surface area contributed by atoms with Crippen molar-refractivity contribution in [3.05, 3.63) is 29.8 Å². The van der Waals surface area contributed by atoms with Crippen LogP contribution in [0, 0.1) is 5.92 Å². The van der Waals surface area contributed by atoms with Crippen LogP contribution in [0.2, 0.25) is 0 Å². The van der Waals surface area contributed by atoms with E-state index in [0.717, 1.165) is 19.6 Å². The lowest BCUT2D eigenvalue weighted by Gasteiger charge is -2.41. The molecule has 0 bridgehead atoms. The van der Waals surface area contributed by atoms with Crippen molar-refractivity contribution in [1.29, 1.82) is 0 Å². The number of benzene rings is 1. The van der Waals surface area contributed by atoms with E-state index in [1.165, 1.54) is 5.56 Å². The highest BCUT2D eigenvalue weighted by Gasteiger charge is 2.27. The Balaban J connectivity index is 2.08. The van der Waals surface area contributed by atoms with Crippen molar-refractivity contribution in [1.82, 2.24) is 10.2 Å². The Morgan fingerprint density at radius 3 is 2.89 bits per heavy atom. The SMILES string of the molecule is CC1CN(Cc2cccc(O)c2)C(C(C)C)CN1. The lowest BCUT2D eigenvalue weighted by Crippen LogP contribution is -2.56. The highest BCUT2D eigenvalue weighted by molar-refractivity contribution is 5.27. The predicted molar refractivity (Wildman–Crippen MR) is 74.6 cm³/mol. The summed E-state index contributed by atoms with van der Waals surface area (Å²) in [5, 5.41) is 13.1. The van der Waals surface area contributed by atoms with Crippen molar-refractivity contribution >= 4 is 0 Å². The number of aromatic hydroxyl groups is 1. The average Bonchev–Trinajstić information content (AvgIpc) is 2.28. The summed E-state index contributed by atoms with van der Waals surface area (Å²) < 4.78 is 0. The fraction of sp³-hybridized carbons (Fsp3) is 0.600. The minimum absolute atomic E-state index is 0.358. The van der Waals surface area contributed by atoms with Gasteiger partial charge >= 0.3 is 0 Å². The molecule has 1 aliphatic heterocycles. The Kier molecular flexibility index (Phi) is 4.25. The number of nitrogens with zero attached hydrogens (tertiary/aromatic N) is 1. The maximum absolute atomic E-state index is 9.54. The maximum atomic E-state index is 9.54. The van der Waals surface area contributed by atoms with Gasteiger partial charge < -0.3 is 10.4 Å². The summed E-state index contributed by atoms with van der Waals surface area (Å²) in [5.41, 5.74) is 1.19. The van der Waals surface area contributed by atoms with Gasteiger partial charge in [-0.05, 0) is 30.5 Å². The van der Waals surface area contributed by atoms with Crippen LogP contribution in [-0.2, 0) is 6.54 Å². The van der Waals surface area contributed by atoms with Gasteiger partial charge in [0.2, 0.25) is 0 Å². The third-order valence-electron chi connectivity index (χ3n) is 3.72. The lowest BCUT2D eigenvalue weighted by molar-refractivity contribution is 0.0955. The van der Waals surface area contributed by atoms with Crippen LogP contribution in [-0.4, -0.2) is 35.2 Å². The van der Waals surface area contributed by atoms with Gasteiger partial charge in [0.25, 0.3) is 0 Å². The minimum Gasteiger partial charge on any atom is -0.508 e. The van der Waals surface area contributed by atoms with Crippen LogP contribution in [0.1, 0.15) is 26.3 Å². The normalized spacial score (nSPS) is 25.6. The molecule has 0 aromatic heterocycles. The van der Waals surface area contributed by atoms with Crippen LogP contribution in [0.3, 0.4) is 0 Å². The van der Waals surface area contributed by atoms with Crippen LogP contribution in [0.25, 0.3) is 0 Å². The molecular formula is C15H24N2O. The van der Waals surface area contributed by atoms with Gasteiger partial charge in [0, 0.05) is 31.7 Å². The van der Waals surface area contributed by atoms with Gasteiger partial charge in [-0.1, -0.05) is 26.0 Å². The summed E-state index contributed by atoms with van der Waals surface area (Å²) in [4.78, 5) is 2.53. The van der Waals surface area contributed by atoms with Gasteiger partial charge in [0.15, 0.2) is 0 Å².